The monoisotopic (exact) mass is 456 g/mol. The molecule has 3 atom stereocenters. The van der Waals surface area contributed by atoms with E-state index in [1.165, 1.54) is 23.5 Å². The summed E-state index contributed by atoms with van der Waals surface area (Å²) in [5.74, 6) is 1.12. The number of nitrogens with one attached hydrogen (secondary N) is 1. The van der Waals surface area contributed by atoms with Crippen molar-refractivity contribution in [2.75, 3.05) is 13.2 Å². The quantitative estimate of drug-likeness (QED) is 0.554. The van der Waals surface area contributed by atoms with Crippen molar-refractivity contribution in [3.05, 3.63) is 48.3 Å². The number of carbonyl (C=O) groups excluding carboxylic acids is 1. The van der Waals surface area contributed by atoms with Crippen LogP contribution in [0.4, 0.5) is 9.18 Å². The van der Waals surface area contributed by atoms with Crippen molar-refractivity contribution in [1.82, 2.24) is 15.2 Å². The minimum Gasteiger partial charge on any atom is -0.492 e. The average molecular weight is 457 g/mol. The summed E-state index contributed by atoms with van der Waals surface area (Å²) in [7, 11) is 0. The molecule has 0 saturated carbocycles. The molecule has 3 heterocycles. The standard InChI is InChI=1S/C23H25FN4O3S/c24-14-1-8-21-20(11-14)27-23(32-21)31-19-6-4-18(5-7-19)30-10-9-28-16-2-3-17(28)13-15(12-16)26-22(25)29/h1,4-8,11,15-17H,2-3,9-10,12-13H2,(H3,25,26,29)/t15?,16-,17+. The first-order valence-electron chi connectivity index (χ1n) is 10.8. The molecule has 0 radical (unpaired) electrons. The average Bonchev–Trinajstić information content (AvgIpc) is 3.25. The molecule has 9 heteroatoms. The number of hydrogen-bond donors (Lipinski definition) is 2. The first kappa shape index (κ1) is 21.0. The number of urea groups is 1. The third-order valence-electron chi connectivity index (χ3n) is 6.21. The highest BCUT2D eigenvalue weighted by Crippen LogP contribution is 2.36. The number of halogens is 1. The van der Waals surface area contributed by atoms with Gasteiger partial charge in [0, 0.05) is 30.7 Å². The third kappa shape index (κ3) is 4.63. The molecule has 7 nitrogen and oxygen atoms in total. The Hall–Kier alpha value is -2.91. The number of benzene rings is 2. The summed E-state index contributed by atoms with van der Waals surface area (Å²) in [6, 6.07) is 12.7. The fraction of sp³-hybridized carbons (Fsp3) is 0.391. The topological polar surface area (TPSA) is 89.7 Å². The van der Waals surface area contributed by atoms with E-state index in [2.05, 4.69) is 15.2 Å². The van der Waals surface area contributed by atoms with Crippen LogP contribution in [0.25, 0.3) is 10.2 Å². The van der Waals surface area contributed by atoms with Crippen LogP contribution in [0.2, 0.25) is 0 Å². The Bertz CT molecular complexity index is 1090. The van der Waals surface area contributed by atoms with Crippen LogP contribution >= 0.6 is 11.3 Å². The molecule has 2 saturated heterocycles. The number of thiazole rings is 1. The molecule has 2 aromatic carbocycles. The summed E-state index contributed by atoms with van der Waals surface area (Å²) >= 11 is 1.38. The van der Waals surface area contributed by atoms with Gasteiger partial charge in [0.1, 0.15) is 23.9 Å². The Labute approximate surface area is 189 Å². The van der Waals surface area contributed by atoms with Gasteiger partial charge in [-0.2, -0.15) is 0 Å². The van der Waals surface area contributed by atoms with Crippen molar-refractivity contribution in [2.24, 2.45) is 5.73 Å². The zero-order valence-electron chi connectivity index (χ0n) is 17.5. The fourth-order valence-electron chi connectivity index (χ4n) is 4.86. The van der Waals surface area contributed by atoms with Crippen molar-refractivity contribution in [1.29, 1.82) is 0 Å². The number of primary amides is 1. The number of fused-ring (bicyclic) bond motifs is 3. The second-order valence-corrected chi connectivity index (χ2v) is 9.31. The fourth-order valence-corrected chi connectivity index (χ4v) is 5.67. The Morgan fingerprint density at radius 2 is 1.88 bits per heavy atom. The van der Waals surface area contributed by atoms with Gasteiger partial charge in [-0.3, -0.25) is 4.90 Å². The molecule has 2 aliphatic heterocycles. The van der Waals surface area contributed by atoms with Gasteiger partial charge in [0.25, 0.3) is 5.19 Å². The first-order valence-corrected chi connectivity index (χ1v) is 11.6. The van der Waals surface area contributed by atoms with Gasteiger partial charge in [-0.1, -0.05) is 11.3 Å². The van der Waals surface area contributed by atoms with Crippen LogP contribution < -0.4 is 20.5 Å². The lowest BCUT2D eigenvalue weighted by atomic mass is 9.97. The van der Waals surface area contributed by atoms with Crippen molar-refractivity contribution in [3.8, 4) is 16.7 Å². The van der Waals surface area contributed by atoms with Crippen LogP contribution in [-0.4, -0.2) is 47.2 Å². The smallest absolute Gasteiger partial charge is 0.312 e. The lowest BCUT2D eigenvalue weighted by Crippen LogP contribution is -2.52. The molecule has 1 aromatic heterocycles. The summed E-state index contributed by atoms with van der Waals surface area (Å²) < 4.78 is 26.0. The van der Waals surface area contributed by atoms with Crippen LogP contribution in [0.5, 0.6) is 16.7 Å². The molecule has 3 N–H and O–H groups in total. The number of aromatic nitrogens is 1. The van der Waals surface area contributed by atoms with Gasteiger partial charge >= 0.3 is 6.03 Å². The summed E-state index contributed by atoms with van der Waals surface area (Å²) in [5.41, 5.74) is 5.87. The highest BCUT2D eigenvalue weighted by atomic mass is 32.1. The largest absolute Gasteiger partial charge is 0.492 e. The number of nitrogens with two attached hydrogens (primary N) is 1. The van der Waals surface area contributed by atoms with Crippen LogP contribution in [0.15, 0.2) is 42.5 Å². The molecule has 32 heavy (non-hydrogen) atoms. The molecule has 2 aliphatic rings. The van der Waals surface area contributed by atoms with E-state index in [4.69, 9.17) is 15.2 Å². The Balaban J connectivity index is 1.12. The zero-order chi connectivity index (χ0) is 22.1. The van der Waals surface area contributed by atoms with Gasteiger partial charge in [-0.15, -0.1) is 0 Å². The van der Waals surface area contributed by atoms with Crippen LogP contribution in [0.3, 0.4) is 0 Å². The van der Waals surface area contributed by atoms with Crippen LogP contribution in [0, 0.1) is 5.82 Å². The summed E-state index contributed by atoms with van der Waals surface area (Å²) in [6.45, 7) is 1.46. The van der Waals surface area contributed by atoms with E-state index in [1.54, 1.807) is 6.07 Å². The molecule has 3 aromatic rings. The number of hydrogen-bond acceptors (Lipinski definition) is 6. The zero-order valence-corrected chi connectivity index (χ0v) is 18.3. The predicted octanol–water partition coefficient (Wildman–Crippen LogP) is 4.27. The molecule has 2 bridgehead atoms. The van der Waals surface area contributed by atoms with E-state index in [1.807, 2.05) is 24.3 Å². The minimum absolute atomic E-state index is 0.184. The molecular weight excluding hydrogens is 431 g/mol. The summed E-state index contributed by atoms with van der Waals surface area (Å²) in [5, 5.41) is 3.34. The SMILES string of the molecule is NC(=O)NC1C[C@H]2CC[C@@H](C1)N2CCOc1ccc(Oc2nc3cc(F)ccc3s2)cc1. The maximum atomic E-state index is 13.3. The Morgan fingerprint density at radius 3 is 2.59 bits per heavy atom. The molecule has 5 rings (SSSR count). The number of amides is 2. The molecule has 2 amide bonds. The van der Waals surface area contributed by atoms with Gasteiger partial charge in [0.2, 0.25) is 0 Å². The van der Waals surface area contributed by atoms with Gasteiger partial charge < -0.3 is 20.5 Å². The predicted molar refractivity (Wildman–Crippen MR) is 121 cm³/mol. The molecule has 0 aliphatic carbocycles. The van der Waals surface area contributed by atoms with Crippen molar-refractivity contribution >= 4 is 27.6 Å². The summed E-state index contributed by atoms with van der Waals surface area (Å²) in [6.07, 6.45) is 4.21. The van der Waals surface area contributed by atoms with Gasteiger partial charge in [0.05, 0.1) is 10.2 Å². The lowest BCUT2D eigenvalue weighted by molar-refractivity contribution is 0.1000. The number of piperidine rings is 1. The van der Waals surface area contributed by atoms with Gasteiger partial charge in [-0.05, 0) is 62.1 Å². The highest BCUT2D eigenvalue weighted by molar-refractivity contribution is 7.20. The number of ether oxygens (including phenoxy) is 2. The molecule has 0 spiro atoms. The highest BCUT2D eigenvalue weighted by Gasteiger charge is 2.40. The van der Waals surface area contributed by atoms with Crippen molar-refractivity contribution < 1.29 is 18.7 Å². The van der Waals surface area contributed by atoms with E-state index in [0.29, 0.717) is 35.2 Å². The van der Waals surface area contributed by atoms with E-state index in [0.717, 1.165) is 42.7 Å². The molecule has 1 unspecified atom stereocenters. The number of carbonyl (C=O) groups is 1. The van der Waals surface area contributed by atoms with Crippen LogP contribution in [-0.2, 0) is 0 Å². The lowest BCUT2D eigenvalue weighted by Gasteiger charge is -2.38. The van der Waals surface area contributed by atoms with Crippen LogP contribution in [0.1, 0.15) is 25.7 Å². The van der Waals surface area contributed by atoms with Gasteiger partial charge in [-0.25, -0.2) is 14.2 Å². The Kier molecular flexibility index (Phi) is 5.84. The van der Waals surface area contributed by atoms with E-state index in [9.17, 15) is 9.18 Å². The van der Waals surface area contributed by atoms with E-state index >= 15 is 0 Å². The second kappa shape index (κ2) is 8.91. The number of rotatable bonds is 7. The molecule has 168 valence electrons. The van der Waals surface area contributed by atoms with E-state index < -0.39 is 6.03 Å². The maximum Gasteiger partial charge on any atom is 0.312 e. The first-order chi connectivity index (χ1) is 15.5. The summed E-state index contributed by atoms with van der Waals surface area (Å²) in [4.78, 5) is 18.0. The van der Waals surface area contributed by atoms with Gasteiger partial charge in [0.15, 0.2) is 0 Å². The normalized spacial score (nSPS) is 22.7. The molecule has 2 fully saturated rings. The minimum atomic E-state index is -0.435. The third-order valence-corrected chi connectivity index (χ3v) is 7.12. The maximum absolute atomic E-state index is 13.3. The Morgan fingerprint density at radius 1 is 1.16 bits per heavy atom. The second-order valence-electron chi connectivity index (χ2n) is 8.31. The molecular formula is C23H25FN4O3S. The number of nitrogens with zero attached hydrogens (tertiary/aromatic N) is 2. The van der Waals surface area contributed by atoms with E-state index in [-0.39, 0.29) is 11.9 Å². The van der Waals surface area contributed by atoms with Crippen molar-refractivity contribution in [2.45, 2.75) is 43.8 Å². The van der Waals surface area contributed by atoms with Crippen molar-refractivity contribution in [3.63, 3.8) is 0 Å².